The Morgan fingerprint density at radius 2 is 1.89 bits per heavy atom. The standard InChI is InChI=1S/C10H17ClN4O2S/c1-4-13-18(16,17)6-5-12-10-8(3)7(2)9(11)14-15-10/h13H,4-6H2,1-3H3,(H,12,15). The molecule has 1 aromatic heterocycles. The van der Waals surface area contributed by atoms with Crippen LogP contribution in [0.2, 0.25) is 5.15 Å². The van der Waals surface area contributed by atoms with Crippen LogP contribution in [0.5, 0.6) is 0 Å². The second-order valence-electron chi connectivity index (χ2n) is 3.83. The predicted molar refractivity (Wildman–Crippen MR) is 72.5 cm³/mol. The van der Waals surface area contributed by atoms with E-state index in [1.165, 1.54) is 0 Å². The van der Waals surface area contributed by atoms with Gasteiger partial charge in [-0.3, -0.25) is 0 Å². The first-order chi connectivity index (χ1) is 8.37. The maximum atomic E-state index is 11.4. The summed E-state index contributed by atoms with van der Waals surface area (Å²) >= 11 is 5.83. The van der Waals surface area contributed by atoms with Gasteiger partial charge in [-0.2, -0.15) is 0 Å². The van der Waals surface area contributed by atoms with Gasteiger partial charge in [-0.15, -0.1) is 10.2 Å². The van der Waals surface area contributed by atoms with Crippen molar-refractivity contribution in [3.63, 3.8) is 0 Å². The highest BCUT2D eigenvalue weighted by Gasteiger charge is 2.10. The summed E-state index contributed by atoms with van der Waals surface area (Å²) in [6, 6.07) is 0. The van der Waals surface area contributed by atoms with E-state index in [9.17, 15) is 8.42 Å². The van der Waals surface area contributed by atoms with Gasteiger partial charge in [-0.05, 0) is 25.0 Å². The third kappa shape index (κ3) is 4.08. The molecule has 0 aromatic carbocycles. The average Bonchev–Trinajstić information content (AvgIpc) is 2.29. The van der Waals surface area contributed by atoms with Crippen LogP contribution in [0.3, 0.4) is 0 Å². The van der Waals surface area contributed by atoms with Crippen LogP contribution < -0.4 is 10.0 Å². The fraction of sp³-hybridized carbons (Fsp3) is 0.600. The van der Waals surface area contributed by atoms with Crippen LogP contribution in [-0.4, -0.2) is 37.5 Å². The lowest BCUT2D eigenvalue weighted by Crippen LogP contribution is -2.29. The molecule has 1 rings (SSSR count). The van der Waals surface area contributed by atoms with Crippen LogP contribution in [0.1, 0.15) is 18.1 Å². The minimum atomic E-state index is -3.22. The van der Waals surface area contributed by atoms with Gasteiger partial charge in [-0.25, -0.2) is 13.1 Å². The lowest BCUT2D eigenvalue weighted by atomic mass is 10.2. The highest BCUT2D eigenvalue weighted by molar-refractivity contribution is 7.89. The number of hydrogen-bond donors (Lipinski definition) is 2. The Morgan fingerprint density at radius 1 is 1.22 bits per heavy atom. The molecule has 0 saturated heterocycles. The Labute approximate surface area is 112 Å². The van der Waals surface area contributed by atoms with Crippen LogP contribution in [0.15, 0.2) is 0 Å². The molecule has 6 nitrogen and oxygen atoms in total. The molecular weight excluding hydrogens is 276 g/mol. The van der Waals surface area contributed by atoms with Crippen LogP contribution in [0.4, 0.5) is 5.82 Å². The van der Waals surface area contributed by atoms with Gasteiger partial charge in [0.05, 0.1) is 5.75 Å². The highest BCUT2D eigenvalue weighted by Crippen LogP contribution is 2.20. The van der Waals surface area contributed by atoms with Crippen molar-refractivity contribution in [1.82, 2.24) is 14.9 Å². The molecule has 0 atom stereocenters. The quantitative estimate of drug-likeness (QED) is 0.820. The molecule has 1 aromatic rings. The lowest BCUT2D eigenvalue weighted by molar-refractivity contribution is 0.584. The Bertz CT molecular complexity index is 519. The van der Waals surface area contributed by atoms with Gasteiger partial charge in [-0.1, -0.05) is 18.5 Å². The zero-order chi connectivity index (χ0) is 13.8. The van der Waals surface area contributed by atoms with E-state index in [4.69, 9.17) is 11.6 Å². The van der Waals surface area contributed by atoms with E-state index in [2.05, 4.69) is 20.2 Å². The Balaban J connectivity index is 2.63. The SMILES string of the molecule is CCNS(=O)(=O)CCNc1nnc(Cl)c(C)c1C. The summed E-state index contributed by atoms with van der Waals surface area (Å²) in [6.45, 7) is 6.10. The summed E-state index contributed by atoms with van der Waals surface area (Å²) in [5.41, 5.74) is 1.71. The molecule has 0 aliphatic rings. The summed E-state index contributed by atoms with van der Waals surface area (Å²) in [7, 11) is -3.22. The van der Waals surface area contributed by atoms with Crippen LogP contribution >= 0.6 is 11.6 Å². The van der Waals surface area contributed by atoms with Crippen molar-refractivity contribution in [2.24, 2.45) is 0 Å². The number of nitrogens with one attached hydrogen (secondary N) is 2. The van der Waals surface area contributed by atoms with Crippen molar-refractivity contribution < 1.29 is 8.42 Å². The monoisotopic (exact) mass is 292 g/mol. The smallest absolute Gasteiger partial charge is 0.213 e. The molecule has 0 radical (unpaired) electrons. The topological polar surface area (TPSA) is 84.0 Å². The number of anilines is 1. The zero-order valence-corrected chi connectivity index (χ0v) is 12.2. The zero-order valence-electron chi connectivity index (χ0n) is 10.6. The molecule has 0 fully saturated rings. The molecule has 0 aliphatic heterocycles. The maximum Gasteiger partial charge on any atom is 0.213 e. The molecule has 2 N–H and O–H groups in total. The summed E-state index contributed by atoms with van der Waals surface area (Å²) in [5, 5.41) is 11.0. The maximum absolute atomic E-state index is 11.4. The summed E-state index contributed by atoms with van der Waals surface area (Å²) in [6.07, 6.45) is 0. The van der Waals surface area contributed by atoms with Crippen molar-refractivity contribution in [2.45, 2.75) is 20.8 Å². The van der Waals surface area contributed by atoms with E-state index in [0.717, 1.165) is 11.1 Å². The van der Waals surface area contributed by atoms with Gasteiger partial charge in [0.2, 0.25) is 10.0 Å². The molecule has 102 valence electrons. The van der Waals surface area contributed by atoms with E-state index in [0.29, 0.717) is 17.5 Å². The van der Waals surface area contributed by atoms with Crippen molar-refractivity contribution in [3.8, 4) is 0 Å². The number of rotatable bonds is 6. The first-order valence-corrected chi connectivity index (χ1v) is 7.61. The van der Waals surface area contributed by atoms with E-state index >= 15 is 0 Å². The fourth-order valence-electron chi connectivity index (χ4n) is 1.34. The van der Waals surface area contributed by atoms with Crippen molar-refractivity contribution in [1.29, 1.82) is 0 Å². The van der Waals surface area contributed by atoms with Gasteiger partial charge >= 0.3 is 0 Å². The summed E-state index contributed by atoms with van der Waals surface area (Å²) < 4.78 is 25.3. The molecule has 0 bridgehead atoms. The highest BCUT2D eigenvalue weighted by atomic mass is 35.5. The third-order valence-corrected chi connectivity index (χ3v) is 4.32. The molecule has 8 heteroatoms. The third-order valence-electron chi connectivity index (χ3n) is 2.49. The van der Waals surface area contributed by atoms with Crippen LogP contribution in [0, 0.1) is 13.8 Å². The Kier molecular flexibility index (Phi) is 5.30. The first kappa shape index (κ1) is 15.1. The van der Waals surface area contributed by atoms with Gasteiger partial charge in [0.15, 0.2) is 11.0 Å². The average molecular weight is 293 g/mol. The van der Waals surface area contributed by atoms with Gasteiger partial charge in [0.1, 0.15) is 0 Å². The summed E-state index contributed by atoms with van der Waals surface area (Å²) in [4.78, 5) is 0. The normalized spacial score (nSPS) is 11.6. The molecule has 0 spiro atoms. The number of halogens is 1. The van der Waals surface area contributed by atoms with Crippen molar-refractivity contribution >= 4 is 27.4 Å². The first-order valence-electron chi connectivity index (χ1n) is 5.58. The Hall–Kier alpha value is -0.920. The second kappa shape index (κ2) is 6.31. The molecule has 1 heterocycles. The minimum Gasteiger partial charge on any atom is -0.367 e. The predicted octanol–water partition coefficient (Wildman–Crippen LogP) is 1.10. The van der Waals surface area contributed by atoms with Gasteiger partial charge < -0.3 is 5.32 Å². The van der Waals surface area contributed by atoms with Gasteiger partial charge in [0, 0.05) is 13.1 Å². The molecule has 0 unspecified atom stereocenters. The fourth-order valence-corrected chi connectivity index (χ4v) is 2.47. The van der Waals surface area contributed by atoms with Crippen molar-refractivity contribution in [2.75, 3.05) is 24.2 Å². The summed E-state index contributed by atoms with van der Waals surface area (Å²) in [5.74, 6) is 0.549. The number of nitrogens with zero attached hydrogens (tertiary/aromatic N) is 2. The van der Waals surface area contributed by atoms with Gasteiger partial charge in [0.25, 0.3) is 0 Å². The van der Waals surface area contributed by atoms with E-state index in [-0.39, 0.29) is 12.3 Å². The largest absolute Gasteiger partial charge is 0.367 e. The number of aromatic nitrogens is 2. The molecule has 0 saturated carbocycles. The van der Waals surface area contributed by atoms with E-state index < -0.39 is 10.0 Å². The molecule has 0 aliphatic carbocycles. The van der Waals surface area contributed by atoms with Crippen LogP contribution in [-0.2, 0) is 10.0 Å². The van der Waals surface area contributed by atoms with Crippen LogP contribution in [0.25, 0.3) is 0 Å². The molecular formula is C10H17ClN4O2S. The Morgan fingerprint density at radius 3 is 2.50 bits per heavy atom. The van der Waals surface area contributed by atoms with E-state index in [1.54, 1.807) is 6.92 Å². The number of sulfonamides is 1. The lowest BCUT2D eigenvalue weighted by Gasteiger charge is -2.10. The molecule has 0 amide bonds. The molecule has 18 heavy (non-hydrogen) atoms. The van der Waals surface area contributed by atoms with E-state index in [1.807, 2.05) is 13.8 Å². The number of hydrogen-bond acceptors (Lipinski definition) is 5. The van der Waals surface area contributed by atoms with Crippen molar-refractivity contribution in [3.05, 3.63) is 16.3 Å². The second-order valence-corrected chi connectivity index (χ2v) is 6.12. The minimum absolute atomic E-state index is 0.0103.